The minimum absolute atomic E-state index is 0.685. The Hall–Kier alpha value is -0.980. The maximum Gasteiger partial charge on any atom is 0.138 e. The second kappa shape index (κ2) is 6.26. The number of nitrogens with two attached hydrogens (primary N) is 1. The first-order chi connectivity index (χ1) is 8.74. The molecule has 18 heavy (non-hydrogen) atoms. The van der Waals surface area contributed by atoms with Crippen molar-refractivity contribution in [2.75, 3.05) is 11.5 Å². The molecule has 1 aliphatic carbocycles. The highest BCUT2D eigenvalue weighted by molar-refractivity contribution is 7.99. The SMILES string of the molecule is N#CC(N)(CSCC1CCCC1)c1ccccc1. The smallest absolute Gasteiger partial charge is 0.138 e. The van der Waals surface area contributed by atoms with Gasteiger partial charge in [0.1, 0.15) is 5.54 Å². The second-order valence-electron chi connectivity index (χ2n) is 5.11. The average Bonchev–Trinajstić information content (AvgIpc) is 2.93. The predicted octanol–water partition coefficient (Wildman–Crippen LogP) is 3.29. The van der Waals surface area contributed by atoms with Crippen LogP contribution in [0.3, 0.4) is 0 Å². The first kappa shape index (κ1) is 13.5. The minimum atomic E-state index is -0.843. The molecule has 3 heteroatoms. The number of nitrogens with zero attached hydrogens (tertiary/aromatic N) is 1. The van der Waals surface area contributed by atoms with Crippen LogP contribution in [0.4, 0.5) is 0 Å². The standard InChI is InChI=1S/C15H20N2S/c16-11-15(17,14-8-2-1-3-9-14)12-18-10-13-6-4-5-7-13/h1-3,8-9,13H,4-7,10,12,17H2. The van der Waals surface area contributed by atoms with E-state index in [-0.39, 0.29) is 0 Å². The van der Waals surface area contributed by atoms with E-state index in [1.165, 1.54) is 25.7 Å². The Balaban J connectivity index is 1.90. The van der Waals surface area contributed by atoms with Crippen molar-refractivity contribution < 1.29 is 0 Å². The van der Waals surface area contributed by atoms with Gasteiger partial charge in [-0.3, -0.25) is 0 Å². The molecule has 0 amide bonds. The van der Waals surface area contributed by atoms with Gasteiger partial charge >= 0.3 is 0 Å². The molecule has 1 aromatic rings. The summed E-state index contributed by atoms with van der Waals surface area (Å²) in [5.74, 6) is 2.67. The zero-order chi connectivity index (χ0) is 12.8. The van der Waals surface area contributed by atoms with E-state index >= 15 is 0 Å². The van der Waals surface area contributed by atoms with E-state index in [4.69, 9.17) is 5.73 Å². The minimum Gasteiger partial charge on any atom is -0.309 e. The van der Waals surface area contributed by atoms with Crippen LogP contribution in [0.5, 0.6) is 0 Å². The molecule has 0 spiro atoms. The second-order valence-corrected chi connectivity index (χ2v) is 6.15. The third-order valence-electron chi connectivity index (χ3n) is 3.65. The molecular formula is C15H20N2S. The van der Waals surface area contributed by atoms with Gasteiger partial charge in [-0.15, -0.1) is 0 Å². The third kappa shape index (κ3) is 3.28. The van der Waals surface area contributed by atoms with Crippen LogP contribution in [-0.4, -0.2) is 11.5 Å². The molecule has 2 rings (SSSR count). The number of thioether (sulfide) groups is 1. The maximum absolute atomic E-state index is 9.34. The van der Waals surface area contributed by atoms with E-state index < -0.39 is 5.54 Å². The molecule has 1 fully saturated rings. The predicted molar refractivity (Wildman–Crippen MR) is 77.2 cm³/mol. The van der Waals surface area contributed by atoms with Gasteiger partial charge in [0.05, 0.1) is 6.07 Å². The molecule has 1 aromatic carbocycles. The van der Waals surface area contributed by atoms with E-state index in [0.29, 0.717) is 5.75 Å². The van der Waals surface area contributed by atoms with Crippen LogP contribution < -0.4 is 5.73 Å². The van der Waals surface area contributed by atoms with Crippen molar-refractivity contribution >= 4 is 11.8 Å². The summed E-state index contributed by atoms with van der Waals surface area (Å²) >= 11 is 1.83. The summed E-state index contributed by atoms with van der Waals surface area (Å²) in [6, 6.07) is 12.0. The van der Waals surface area contributed by atoms with Crippen molar-refractivity contribution in [3.63, 3.8) is 0 Å². The number of hydrogen-bond donors (Lipinski definition) is 1. The van der Waals surface area contributed by atoms with E-state index in [2.05, 4.69) is 6.07 Å². The van der Waals surface area contributed by atoms with Crippen molar-refractivity contribution in [1.29, 1.82) is 5.26 Å². The zero-order valence-electron chi connectivity index (χ0n) is 10.6. The van der Waals surface area contributed by atoms with Gasteiger partial charge < -0.3 is 5.73 Å². The molecule has 0 bridgehead atoms. The number of benzene rings is 1. The summed E-state index contributed by atoms with van der Waals surface area (Å²) in [5, 5.41) is 9.34. The van der Waals surface area contributed by atoms with Gasteiger partial charge in [-0.25, -0.2) is 0 Å². The number of nitriles is 1. The van der Waals surface area contributed by atoms with Gasteiger partial charge in [0.25, 0.3) is 0 Å². The first-order valence-corrected chi connectivity index (χ1v) is 7.73. The Labute approximate surface area is 114 Å². The molecule has 1 atom stereocenters. The molecule has 0 saturated heterocycles. The molecule has 1 saturated carbocycles. The fourth-order valence-electron chi connectivity index (χ4n) is 2.48. The van der Waals surface area contributed by atoms with Crippen LogP contribution in [0.15, 0.2) is 30.3 Å². The summed E-state index contributed by atoms with van der Waals surface area (Å²) in [6.07, 6.45) is 5.44. The average molecular weight is 260 g/mol. The molecule has 0 aliphatic heterocycles. The molecule has 0 heterocycles. The van der Waals surface area contributed by atoms with E-state index in [9.17, 15) is 5.26 Å². The summed E-state index contributed by atoms with van der Waals surface area (Å²) < 4.78 is 0. The van der Waals surface area contributed by atoms with E-state index in [0.717, 1.165) is 17.2 Å². The van der Waals surface area contributed by atoms with Crippen LogP contribution in [0, 0.1) is 17.2 Å². The molecule has 1 aliphatic rings. The van der Waals surface area contributed by atoms with Crippen molar-refractivity contribution in [2.45, 2.75) is 31.2 Å². The van der Waals surface area contributed by atoms with E-state index in [1.807, 2.05) is 42.1 Å². The zero-order valence-corrected chi connectivity index (χ0v) is 11.5. The lowest BCUT2D eigenvalue weighted by Gasteiger charge is -2.22. The maximum atomic E-state index is 9.34. The fraction of sp³-hybridized carbons (Fsp3) is 0.533. The summed E-state index contributed by atoms with van der Waals surface area (Å²) in [5.41, 5.74) is 6.30. The lowest BCUT2D eigenvalue weighted by atomic mass is 9.95. The molecule has 1 unspecified atom stereocenters. The van der Waals surface area contributed by atoms with Gasteiger partial charge in [-0.1, -0.05) is 43.2 Å². The Morgan fingerprint density at radius 2 is 1.94 bits per heavy atom. The van der Waals surface area contributed by atoms with Crippen molar-refractivity contribution in [2.24, 2.45) is 11.7 Å². The van der Waals surface area contributed by atoms with Gasteiger partial charge in [0.15, 0.2) is 0 Å². The van der Waals surface area contributed by atoms with Crippen molar-refractivity contribution in [1.82, 2.24) is 0 Å². The molecule has 2 N–H and O–H groups in total. The largest absolute Gasteiger partial charge is 0.309 e. The molecule has 0 radical (unpaired) electrons. The van der Waals surface area contributed by atoms with Crippen molar-refractivity contribution in [3.05, 3.63) is 35.9 Å². The van der Waals surface area contributed by atoms with Crippen LogP contribution in [0.25, 0.3) is 0 Å². The van der Waals surface area contributed by atoms with E-state index in [1.54, 1.807) is 0 Å². The topological polar surface area (TPSA) is 49.8 Å². The lowest BCUT2D eigenvalue weighted by molar-refractivity contribution is 0.617. The molecule has 2 nitrogen and oxygen atoms in total. The van der Waals surface area contributed by atoms with Gasteiger partial charge in [-0.2, -0.15) is 17.0 Å². The lowest BCUT2D eigenvalue weighted by Crippen LogP contribution is -2.37. The summed E-state index contributed by atoms with van der Waals surface area (Å²) in [7, 11) is 0. The first-order valence-electron chi connectivity index (χ1n) is 6.58. The van der Waals surface area contributed by atoms with Gasteiger partial charge in [0, 0.05) is 5.75 Å². The Morgan fingerprint density at radius 1 is 1.28 bits per heavy atom. The molecular weight excluding hydrogens is 240 g/mol. The quantitative estimate of drug-likeness (QED) is 0.883. The normalized spacial score (nSPS) is 19.3. The Kier molecular flexibility index (Phi) is 4.68. The highest BCUT2D eigenvalue weighted by atomic mass is 32.2. The summed E-state index contributed by atoms with van der Waals surface area (Å²) in [6.45, 7) is 0. The third-order valence-corrected chi connectivity index (χ3v) is 5.01. The van der Waals surface area contributed by atoms with Crippen LogP contribution in [-0.2, 0) is 5.54 Å². The summed E-state index contributed by atoms with van der Waals surface area (Å²) in [4.78, 5) is 0. The molecule has 96 valence electrons. The van der Waals surface area contributed by atoms with Crippen LogP contribution >= 0.6 is 11.8 Å². The Morgan fingerprint density at radius 3 is 2.56 bits per heavy atom. The van der Waals surface area contributed by atoms with Gasteiger partial charge in [-0.05, 0) is 30.1 Å². The Bertz CT molecular complexity index is 406. The fourth-order valence-corrected chi connectivity index (χ4v) is 3.82. The van der Waals surface area contributed by atoms with Crippen LogP contribution in [0.1, 0.15) is 31.2 Å². The highest BCUT2D eigenvalue weighted by Crippen LogP contribution is 2.30. The van der Waals surface area contributed by atoms with Gasteiger partial charge in [0.2, 0.25) is 0 Å². The number of hydrogen-bond acceptors (Lipinski definition) is 3. The van der Waals surface area contributed by atoms with Crippen LogP contribution in [0.2, 0.25) is 0 Å². The highest BCUT2D eigenvalue weighted by Gasteiger charge is 2.27. The van der Waals surface area contributed by atoms with Crippen molar-refractivity contribution in [3.8, 4) is 6.07 Å². The monoisotopic (exact) mass is 260 g/mol. The number of rotatable bonds is 5. The molecule has 0 aromatic heterocycles.